The molecule has 0 aliphatic heterocycles. The number of hydrogen-bond donors (Lipinski definition) is 0. The lowest BCUT2D eigenvalue weighted by Crippen LogP contribution is -1.97. The Morgan fingerprint density at radius 1 is 1.00 bits per heavy atom. The summed E-state index contributed by atoms with van der Waals surface area (Å²) in [5.41, 5.74) is 2.42. The Bertz CT molecular complexity index is 1530. The number of aliphatic imine (C=N–C) groups is 1. The molecule has 0 aliphatic rings. The molecule has 0 aliphatic carbocycles. The van der Waals surface area contributed by atoms with Gasteiger partial charge in [-0.1, -0.05) is 29.8 Å². The molecule has 0 radical (unpaired) electrons. The highest BCUT2D eigenvalue weighted by atomic mass is 79.9. The molecule has 0 fully saturated rings. The summed E-state index contributed by atoms with van der Waals surface area (Å²) >= 11 is 9.75. The van der Waals surface area contributed by atoms with E-state index in [-0.39, 0.29) is 11.4 Å². The van der Waals surface area contributed by atoms with Gasteiger partial charge >= 0.3 is 0 Å². The molecule has 172 valence electrons. The van der Waals surface area contributed by atoms with E-state index in [0.29, 0.717) is 40.2 Å². The minimum atomic E-state index is 0.153. The zero-order valence-electron chi connectivity index (χ0n) is 18.1. The van der Waals surface area contributed by atoms with Crippen LogP contribution in [0.4, 0.5) is 5.88 Å². The van der Waals surface area contributed by atoms with Crippen molar-refractivity contribution in [1.82, 2.24) is 0 Å². The highest BCUT2D eigenvalue weighted by molar-refractivity contribution is 9.10. The van der Waals surface area contributed by atoms with Gasteiger partial charge in [-0.3, -0.25) is 0 Å². The van der Waals surface area contributed by atoms with Crippen LogP contribution in [0.2, 0.25) is 5.02 Å². The SMILES string of the molecule is N#Cc1c(N=Cc2ccc(OCc3ccccc3Cl)c(Br)c2)oc(-c2ccco2)c1-c1ccco1. The van der Waals surface area contributed by atoms with Crippen LogP contribution in [0.5, 0.6) is 5.75 Å². The van der Waals surface area contributed by atoms with Gasteiger partial charge in [0.1, 0.15) is 29.7 Å². The Morgan fingerprint density at radius 3 is 2.46 bits per heavy atom. The third kappa shape index (κ3) is 4.80. The molecule has 35 heavy (non-hydrogen) atoms. The number of rotatable bonds is 7. The van der Waals surface area contributed by atoms with Crippen LogP contribution in [0.1, 0.15) is 16.7 Å². The summed E-state index contributed by atoms with van der Waals surface area (Å²) in [5.74, 6) is 2.15. The first-order valence-corrected chi connectivity index (χ1v) is 11.7. The van der Waals surface area contributed by atoms with Gasteiger partial charge in [0.15, 0.2) is 11.5 Å². The van der Waals surface area contributed by atoms with Crippen LogP contribution in [0, 0.1) is 11.3 Å². The van der Waals surface area contributed by atoms with Crippen molar-refractivity contribution in [3.63, 3.8) is 0 Å². The first-order valence-electron chi connectivity index (χ1n) is 10.5. The standard InChI is InChI=1S/C27H16BrClN2O4/c28-20-13-17(9-10-22(20)34-16-18-5-1-2-6-21(18)29)15-31-27-19(14-30)25(23-7-3-11-32-23)26(35-27)24-8-4-12-33-24/h1-13,15H,16H2. The third-order valence-electron chi connectivity index (χ3n) is 5.14. The summed E-state index contributed by atoms with van der Waals surface area (Å²) < 4.78 is 23.6. The Hall–Kier alpha value is -3.99. The quantitative estimate of drug-likeness (QED) is 0.191. The number of ether oxygens (including phenoxy) is 1. The molecule has 0 bridgehead atoms. The molecule has 6 nitrogen and oxygen atoms in total. The molecule has 0 amide bonds. The minimum absolute atomic E-state index is 0.153. The van der Waals surface area contributed by atoms with Crippen LogP contribution in [0.3, 0.4) is 0 Å². The number of nitriles is 1. The van der Waals surface area contributed by atoms with E-state index in [4.69, 9.17) is 29.6 Å². The van der Waals surface area contributed by atoms with Crippen molar-refractivity contribution >= 4 is 39.6 Å². The molecule has 5 rings (SSSR count). The van der Waals surface area contributed by atoms with E-state index in [2.05, 4.69) is 27.0 Å². The van der Waals surface area contributed by atoms with E-state index in [1.54, 1.807) is 30.5 Å². The number of furan rings is 3. The highest BCUT2D eigenvalue weighted by Crippen LogP contribution is 2.42. The molecule has 5 aromatic rings. The molecule has 8 heteroatoms. The lowest BCUT2D eigenvalue weighted by atomic mass is 10.1. The monoisotopic (exact) mass is 546 g/mol. The van der Waals surface area contributed by atoms with E-state index in [1.807, 2.05) is 42.5 Å². The Labute approximate surface area is 214 Å². The van der Waals surface area contributed by atoms with Gasteiger partial charge in [-0.2, -0.15) is 5.26 Å². The molecule has 0 spiro atoms. The molecule has 3 aromatic heterocycles. The van der Waals surface area contributed by atoms with Crippen LogP contribution in [-0.4, -0.2) is 6.21 Å². The van der Waals surface area contributed by atoms with Crippen molar-refractivity contribution in [2.24, 2.45) is 4.99 Å². The number of halogens is 2. The predicted molar refractivity (Wildman–Crippen MR) is 136 cm³/mol. The zero-order chi connectivity index (χ0) is 24.2. The Kier molecular flexibility index (Phi) is 6.57. The molecule has 0 N–H and O–H groups in total. The number of benzene rings is 2. The summed E-state index contributed by atoms with van der Waals surface area (Å²) in [6.45, 7) is 0.342. The topological polar surface area (TPSA) is 84.8 Å². The summed E-state index contributed by atoms with van der Waals surface area (Å²) in [6, 6.07) is 22.2. The lowest BCUT2D eigenvalue weighted by molar-refractivity contribution is 0.304. The van der Waals surface area contributed by atoms with Crippen molar-refractivity contribution in [3.05, 3.63) is 105 Å². The van der Waals surface area contributed by atoms with Gasteiger partial charge in [0.25, 0.3) is 0 Å². The van der Waals surface area contributed by atoms with Crippen LogP contribution in [0.25, 0.3) is 22.8 Å². The molecular weight excluding hydrogens is 532 g/mol. The molecule has 2 aromatic carbocycles. The molecule has 0 atom stereocenters. The second-order valence-corrected chi connectivity index (χ2v) is 8.64. The maximum Gasteiger partial charge on any atom is 0.238 e. The van der Waals surface area contributed by atoms with E-state index in [1.165, 1.54) is 12.5 Å². The van der Waals surface area contributed by atoms with Gasteiger partial charge in [-0.05, 0) is 70.0 Å². The lowest BCUT2D eigenvalue weighted by Gasteiger charge is -2.09. The van der Waals surface area contributed by atoms with E-state index >= 15 is 0 Å². The largest absolute Gasteiger partial charge is 0.488 e. The number of nitrogens with zero attached hydrogens (tertiary/aromatic N) is 2. The molecule has 0 saturated heterocycles. The van der Waals surface area contributed by atoms with Crippen molar-refractivity contribution in [2.45, 2.75) is 6.61 Å². The highest BCUT2D eigenvalue weighted by Gasteiger charge is 2.26. The minimum Gasteiger partial charge on any atom is -0.488 e. The zero-order valence-corrected chi connectivity index (χ0v) is 20.4. The van der Waals surface area contributed by atoms with Crippen LogP contribution >= 0.6 is 27.5 Å². The fourth-order valence-electron chi connectivity index (χ4n) is 3.47. The average Bonchev–Trinajstić information content (AvgIpc) is 3.63. The second kappa shape index (κ2) is 10.1. The molecular formula is C27H16BrClN2O4. The van der Waals surface area contributed by atoms with Gasteiger partial charge in [0, 0.05) is 16.8 Å². The fourth-order valence-corrected chi connectivity index (χ4v) is 4.17. The Balaban J connectivity index is 1.42. The van der Waals surface area contributed by atoms with Gasteiger partial charge < -0.3 is 18.0 Å². The van der Waals surface area contributed by atoms with Crippen LogP contribution < -0.4 is 4.74 Å². The summed E-state index contributed by atoms with van der Waals surface area (Å²) in [7, 11) is 0. The molecule has 3 heterocycles. The Morgan fingerprint density at radius 2 is 1.77 bits per heavy atom. The third-order valence-corrected chi connectivity index (χ3v) is 6.13. The van der Waals surface area contributed by atoms with Gasteiger partial charge in [-0.25, -0.2) is 4.99 Å². The maximum absolute atomic E-state index is 9.87. The average molecular weight is 548 g/mol. The van der Waals surface area contributed by atoms with Gasteiger partial charge in [0.2, 0.25) is 5.88 Å². The predicted octanol–water partition coefficient (Wildman–Crippen LogP) is 8.42. The van der Waals surface area contributed by atoms with Gasteiger partial charge in [0.05, 0.1) is 22.6 Å². The van der Waals surface area contributed by atoms with E-state index in [0.717, 1.165) is 15.6 Å². The first kappa shape index (κ1) is 22.8. The molecule has 0 unspecified atom stereocenters. The van der Waals surface area contributed by atoms with Crippen molar-refractivity contribution in [3.8, 4) is 34.7 Å². The van der Waals surface area contributed by atoms with Crippen molar-refractivity contribution < 1.29 is 18.0 Å². The normalized spacial score (nSPS) is 11.1. The van der Waals surface area contributed by atoms with Crippen molar-refractivity contribution in [2.75, 3.05) is 0 Å². The summed E-state index contributed by atoms with van der Waals surface area (Å²) in [5, 5.41) is 10.5. The number of hydrogen-bond acceptors (Lipinski definition) is 6. The summed E-state index contributed by atoms with van der Waals surface area (Å²) in [6.07, 6.45) is 4.68. The fraction of sp³-hybridized carbons (Fsp3) is 0.0370. The van der Waals surface area contributed by atoms with Crippen molar-refractivity contribution in [1.29, 1.82) is 5.26 Å². The van der Waals surface area contributed by atoms with Crippen LogP contribution in [-0.2, 0) is 6.61 Å². The maximum atomic E-state index is 9.87. The van der Waals surface area contributed by atoms with Crippen LogP contribution in [0.15, 0.2) is 102 Å². The molecule has 0 saturated carbocycles. The first-order chi connectivity index (χ1) is 17.1. The smallest absolute Gasteiger partial charge is 0.238 e. The van der Waals surface area contributed by atoms with Gasteiger partial charge in [-0.15, -0.1) is 0 Å². The van der Waals surface area contributed by atoms with E-state index in [9.17, 15) is 5.26 Å². The second-order valence-electron chi connectivity index (χ2n) is 7.38. The summed E-state index contributed by atoms with van der Waals surface area (Å²) in [4.78, 5) is 4.45. The van der Waals surface area contributed by atoms with E-state index < -0.39 is 0 Å².